The molecule has 0 saturated heterocycles. The van der Waals surface area contributed by atoms with Gasteiger partial charge in [0, 0.05) is 23.9 Å². The van der Waals surface area contributed by atoms with Crippen molar-refractivity contribution < 1.29 is 4.57 Å². The molecule has 3 aromatic rings. The summed E-state index contributed by atoms with van der Waals surface area (Å²) in [4.78, 5) is 5.11. The predicted octanol–water partition coefficient (Wildman–Crippen LogP) is 6.65. The number of aryl methyl sites for hydroxylation is 2. The first-order valence-electron chi connectivity index (χ1n) is 11.1. The normalized spacial score (nSPS) is 18.3. The Morgan fingerprint density at radius 2 is 1.74 bits per heavy atom. The lowest BCUT2D eigenvalue weighted by Gasteiger charge is -2.32. The number of fused-ring (bicyclic) bond motifs is 3. The van der Waals surface area contributed by atoms with Gasteiger partial charge in [0.2, 0.25) is 5.69 Å². The number of aliphatic imine (C=N–C) groups is 1. The Morgan fingerprint density at radius 1 is 1.03 bits per heavy atom. The van der Waals surface area contributed by atoms with E-state index in [1.807, 2.05) is 6.21 Å². The average Bonchev–Trinajstić information content (AvgIpc) is 2.79. The van der Waals surface area contributed by atoms with Gasteiger partial charge in [0.1, 0.15) is 0 Å². The van der Waals surface area contributed by atoms with Gasteiger partial charge in [-0.25, -0.2) is 0 Å². The molecule has 3 atom stereocenters. The van der Waals surface area contributed by atoms with Crippen molar-refractivity contribution >= 4 is 11.8 Å². The lowest BCUT2D eigenvalue weighted by atomic mass is 9.78. The molecule has 0 saturated carbocycles. The quantitative estimate of drug-likeness (QED) is 0.247. The van der Waals surface area contributed by atoms with Gasteiger partial charge in [0.05, 0.1) is 12.0 Å². The molecule has 0 fully saturated rings. The Bertz CT molecular complexity index is 1130. The van der Waals surface area contributed by atoms with Crippen LogP contribution in [0.4, 0.5) is 0 Å². The zero-order valence-corrected chi connectivity index (χ0v) is 18.8. The number of allylic oxidation sites excluding steroid dienone is 2. The molecule has 156 valence electrons. The Balaban J connectivity index is 1.75. The third-order valence-electron chi connectivity index (χ3n) is 6.47. The van der Waals surface area contributed by atoms with Crippen LogP contribution in [0.5, 0.6) is 0 Å². The second kappa shape index (κ2) is 8.85. The van der Waals surface area contributed by atoms with Crippen molar-refractivity contribution in [3.05, 3.63) is 108 Å². The van der Waals surface area contributed by atoms with E-state index in [1.165, 1.54) is 33.5 Å². The third-order valence-corrected chi connectivity index (χ3v) is 6.47. The molecule has 1 aromatic heterocycles. The highest BCUT2D eigenvalue weighted by Gasteiger charge is 2.41. The fourth-order valence-corrected chi connectivity index (χ4v) is 5.04. The Labute approximate surface area is 186 Å². The van der Waals surface area contributed by atoms with Crippen LogP contribution in [0.25, 0.3) is 16.8 Å². The van der Waals surface area contributed by atoms with Crippen molar-refractivity contribution in [2.24, 2.45) is 4.99 Å². The number of aromatic nitrogens is 1. The summed E-state index contributed by atoms with van der Waals surface area (Å²) in [5.74, 6) is 0.223. The van der Waals surface area contributed by atoms with Crippen LogP contribution < -0.4 is 4.57 Å². The van der Waals surface area contributed by atoms with Crippen LogP contribution in [0.3, 0.4) is 0 Å². The van der Waals surface area contributed by atoms with E-state index in [9.17, 15) is 0 Å². The van der Waals surface area contributed by atoms with Crippen molar-refractivity contribution in [3.63, 3.8) is 0 Å². The second-order valence-corrected chi connectivity index (χ2v) is 8.38. The maximum atomic E-state index is 5.11. The van der Waals surface area contributed by atoms with Gasteiger partial charge in [-0.2, -0.15) is 4.57 Å². The van der Waals surface area contributed by atoms with Crippen LogP contribution in [0, 0.1) is 13.8 Å². The fourth-order valence-electron chi connectivity index (χ4n) is 5.04. The van der Waals surface area contributed by atoms with Gasteiger partial charge in [-0.1, -0.05) is 56.5 Å². The molecule has 2 nitrogen and oxygen atoms in total. The van der Waals surface area contributed by atoms with Crippen LogP contribution >= 0.6 is 0 Å². The number of hydrogen-bond donors (Lipinski definition) is 0. The smallest absolute Gasteiger partial charge is 0.213 e. The van der Waals surface area contributed by atoms with E-state index in [1.54, 1.807) is 0 Å². The Kier molecular flexibility index (Phi) is 5.99. The van der Waals surface area contributed by atoms with Gasteiger partial charge in [0.25, 0.3) is 0 Å². The first kappa shape index (κ1) is 21.0. The van der Waals surface area contributed by atoms with Crippen LogP contribution in [-0.2, 0) is 0 Å². The minimum atomic E-state index is 0.131. The van der Waals surface area contributed by atoms with Crippen molar-refractivity contribution in [1.82, 2.24) is 0 Å². The average molecular weight is 408 g/mol. The summed E-state index contributed by atoms with van der Waals surface area (Å²) in [7, 11) is 0. The summed E-state index contributed by atoms with van der Waals surface area (Å²) in [6, 6.07) is 21.8. The summed E-state index contributed by atoms with van der Waals surface area (Å²) in [6.07, 6.45) is 7.17. The first-order valence-corrected chi connectivity index (χ1v) is 11.1. The SMILES string of the molecule is C=CC1C(C(CC)N=CC(=C)c2c(C)cccc2C)c2ccccc2-c2cccc[n+]21. The summed E-state index contributed by atoms with van der Waals surface area (Å²) in [5, 5.41) is 0. The van der Waals surface area contributed by atoms with E-state index in [2.05, 4.69) is 111 Å². The maximum absolute atomic E-state index is 5.11. The molecule has 4 rings (SSSR count). The van der Waals surface area contributed by atoms with E-state index < -0.39 is 0 Å². The molecule has 1 aliphatic heterocycles. The van der Waals surface area contributed by atoms with Gasteiger partial charge in [-0.3, -0.25) is 4.99 Å². The molecular weight excluding hydrogens is 376 g/mol. The van der Waals surface area contributed by atoms with Gasteiger partial charge in [-0.05, 0) is 66.3 Å². The monoisotopic (exact) mass is 407 g/mol. The Morgan fingerprint density at radius 3 is 2.45 bits per heavy atom. The molecule has 0 aliphatic carbocycles. The molecule has 0 radical (unpaired) electrons. The highest BCUT2D eigenvalue weighted by Crippen LogP contribution is 2.42. The minimum Gasteiger partial charge on any atom is -0.288 e. The number of hydrogen-bond acceptors (Lipinski definition) is 1. The minimum absolute atomic E-state index is 0.131. The van der Waals surface area contributed by atoms with E-state index in [0.29, 0.717) is 0 Å². The summed E-state index contributed by atoms with van der Waals surface area (Å²) >= 11 is 0. The van der Waals surface area contributed by atoms with E-state index in [-0.39, 0.29) is 18.0 Å². The number of pyridine rings is 1. The van der Waals surface area contributed by atoms with Crippen molar-refractivity contribution in [2.45, 2.75) is 45.2 Å². The molecule has 2 heterocycles. The largest absolute Gasteiger partial charge is 0.288 e. The second-order valence-electron chi connectivity index (χ2n) is 8.38. The summed E-state index contributed by atoms with van der Waals surface area (Å²) in [6.45, 7) is 15.0. The molecule has 3 unspecified atom stereocenters. The van der Waals surface area contributed by atoms with E-state index in [0.717, 1.165) is 12.0 Å². The lowest BCUT2D eigenvalue weighted by molar-refractivity contribution is -0.707. The molecule has 31 heavy (non-hydrogen) atoms. The highest BCUT2D eigenvalue weighted by atomic mass is 15.0. The molecule has 0 spiro atoms. The molecule has 0 N–H and O–H groups in total. The molecule has 2 aromatic carbocycles. The van der Waals surface area contributed by atoms with Gasteiger partial charge in [0.15, 0.2) is 12.2 Å². The Hall–Kier alpha value is -3.26. The number of nitrogens with zero attached hydrogens (tertiary/aromatic N) is 2. The third kappa shape index (κ3) is 3.79. The zero-order valence-electron chi connectivity index (χ0n) is 18.8. The maximum Gasteiger partial charge on any atom is 0.213 e. The van der Waals surface area contributed by atoms with E-state index >= 15 is 0 Å². The zero-order chi connectivity index (χ0) is 22.0. The van der Waals surface area contributed by atoms with Gasteiger partial charge >= 0.3 is 0 Å². The number of rotatable bonds is 6. The van der Waals surface area contributed by atoms with Crippen molar-refractivity contribution in [2.75, 3.05) is 0 Å². The summed E-state index contributed by atoms with van der Waals surface area (Å²) in [5.41, 5.74) is 8.51. The lowest BCUT2D eigenvalue weighted by Crippen LogP contribution is -2.48. The van der Waals surface area contributed by atoms with Crippen molar-refractivity contribution in [1.29, 1.82) is 0 Å². The molecule has 2 heteroatoms. The van der Waals surface area contributed by atoms with Crippen molar-refractivity contribution in [3.8, 4) is 11.3 Å². The van der Waals surface area contributed by atoms with Gasteiger partial charge < -0.3 is 0 Å². The molecule has 0 amide bonds. The standard InChI is InChI=1S/C29H31N2/c1-6-25(30-19-22(5)28-20(3)13-12-14-21(28)4)29-24-16-9-8-15-23(24)27-17-10-11-18-31(27)26(29)7-2/h7-19,25-26,29H,2,5-6H2,1,3-4H3/q+1. The fraction of sp³-hybridized carbons (Fsp3) is 0.241. The topological polar surface area (TPSA) is 16.2 Å². The van der Waals surface area contributed by atoms with E-state index in [4.69, 9.17) is 4.99 Å². The molecule has 0 bridgehead atoms. The molecular formula is C29H31N2+. The van der Waals surface area contributed by atoms with Crippen LogP contribution in [0.1, 0.15) is 47.6 Å². The predicted molar refractivity (Wildman–Crippen MR) is 132 cm³/mol. The van der Waals surface area contributed by atoms with Gasteiger partial charge in [-0.15, -0.1) is 0 Å². The summed E-state index contributed by atoms with van der Waals surface area (Å²) < 4.78 is 2.35. The highest BCUT2D eigenvalue weighted by molar-refractivity contribution is 6.10. The first-order chi connectivity index (χ1) is 15.1. The number of benzene rings is 2. The molecule has 1 aliphatic rings. The van der Waals surface area contributed by atoms with Crippen LogP contribution in [-0.4, -0.2) is 12.3 Å². The van der Waals surface area contributed by atoms with Crippen LogP contribution in [0.15, 0.2) is 91.1 Å². The van der Waals surface area contributed by atoms with Crippen LogP contribution in [0.2, 0.25) is 0 Å².